The number of methoxy groups -OCH3 is 1. The van der Waals surface area contributed by atoms with Gasteiger partial charge in [0.15, 0.2) is 0 Å². The van der Waals surface area contributed by atoms with Crippen LogP contribution in [0.15, 0.2) is 36.4 Å². The zero-order valence-corrected chi connectivity index (χ0v) is 23.4. The van der Waals surface area contributed by atoms with E-state index in [1.54, 1.807) is 13.2 Å². The fourth-order valence-electron chi connectivity index (χ4n) is 2.56. The first-order chi connectivity index (χ1) is 14.4. The van der Waals surface area contributed by atoms with E-state index >= 15 is 0 Å². The third-order valence-electron chi connectivity index (χ3n) is 4.15. The van der Waals surface area contributed by atoms with Crippen LogP contribution in [-0.2, 0) is 0 Å². The van der Waals surface area contributed by atoms with Gasteiger partial charge in [-0.1, -0.05) is 0 Å². The number of hydrogen-bond donors (Lipinski definition) is 2. The van der Waals surface area contributed by atoms with Crippen molar-refractivity contribution in [1.82, 2.24) is 15.0 Å². The van der Waals surface area contributed by atoms with Crippen molar-refractivity contribution >= 4 is 53.6 Å². The van der Waals surface area contributed by atoms with Crippen molar-refractivity contribution in [2.24, 2.45) is 0 Å². The average Bonchev–Trinajstić information content (AvgIpc) is 2.68. The average molecular weight is 619 g/mol. The number of rotatable bonds is 1. The second-order valence-corrected chi connectivity index (χ2v) is 9.28. The highest BCUT2D eigenvalue weighted by Gasteiger charge is 2.03. The molecule has 0 spiro atoms. The Morgan fingerprint density at radius 3 is 1.74 bits per heavy atom. The molecule has 3 aromatic heterocycles. The first kappa shape index (κ1) is 27.3. The van der Waals surface area contributed by atoms with Crippen molar-refractivity contribution in [2.75, 3.05) is 12.8 Å². The minimum atomic E-state index is -0.0433. The predicted molar refractivity (Wildman–Crippen MR) is 138 cm³/mol. The smallest absolute Gasteiger partial charge is 0.248 e. The molecule has 3 heterocycles. The van der Waals surface area contributed by atoms with Gasteiger partial charge in [-0.3, -0.25) is 4.79 Å². The lowest BCUT2D eigenvalue weighted by atomic mass is 10.2. The number of nitrogens with zero attached hydrogens (tertiary/aromatic N) is 2. The number of nitrogen functional groups attached to an aromatic ring is 1. The summed E-state index contributed by atoms with van der Waals surface area (Å²) in [4.78, 5) is 21.7. The number of aromatic nitrogens is 3. The van der Waals surface area contributed by atoms with E-state index < -0.39 is 0 Å². The maximum absolute atomic E-state index is 10.8. The molecule has 0 aliphatic carbocycles. The number of ether oxygens (including phenoxy) is 1. The molecule has 0 aliphatic heterocycles. The van der Waals surface area contributed by atoms with Crippen LogP contribution < -0.4 is 16.0 Å². The van der Waals surface area contributed by atoms with Gasteiger partial charge in [0.2, 0.25) is 11.4 Å². The standard InChI is InChI=1S/C8H10BrNO.C7H9BrN2.C7H8BrNO/c1-5-4-7(11-3)10-6(2)8(5)9;1-4-3-6(9)10-5(2)7(4)8;1-4-3-6(10)9-5(2)7(4)8/h4H,1-3H3;3H,1-2H3,(H2,9,10);3H,1-2H3,(H,9,10). The molecular formula is C22H27Br3N4O2. The summed E-state index contributed by atoms with van der Waals surface area (Å²) in [5.41, 5.74) is 11.5. The number of H-pyrrole nitrogens is 1. The SMILES string of the molecule is COc1cc(C)c(Br)c(C)n1.Cc1cc(=O)[nH]c(C)c1Br.Cc1cc(N)nc(C)c1Br. The molecule has 0 radical (unpaired) electrons. The molecule has 6 nitrogen and oxygen atoms in total. The summed E-state index contributed by atoms with van der Waals surface area (Å²) in [6.45, 7) is 11.6. The summed E-state index contributed by atoms with van der Waals surface area (Å²) in [5, 5.41) is 0. The van der Waals surface area contributed by atoms with Crippen LogP contribution >= 0.6 is 47.8 Å². The topological polar surface area (TPSA) is 93.9 Å². The van der Waals surface area contributed by atoms with Crippen LogP contribution in [-0.4, -0.2) is 22.1 Å². The van der Waals surface area contributed by atoms with E-state index in [4.69, 9.17) is 10.5 Å². The van der Waals surface area contributed by atoms with E-state index in [9.17, 15) is 4.79 Å². The Balaban J connectivity index is 0.000000233. The van der Waals surface area contributed by atoms with Gasteiger partial charge in [-0.2, -0.15) is 0 Å². The number of hydrogen-bond acceptors (Lipinski definition) is 5. The molecule has 0 amide bonds. The Bertz CT molecular complexity index is 1040. The van der Waals surface area contributed by atoms with E-state index in [2.05, 4.69) is 62.7 Å². The van der Waals surface area contributed by atoms with Gasteiger partial charge in [-0.25, -0.2) is 9.97 Å². The largest absolute Gasteiger partial charge is 0.481 e. The van der Waals surface area contributed by atoms with Crippen LogP contribution in [0.25, 0.3) is 0 Å². The molecule has 9 heteroatoms. The molecule has 3 aromatic rings. The molecule has 0 atom stereocenters. The van der Waals surface area contributed by atoms with E-state index in [-0.39, 0.29) is 5.56 Å². The number of anilines is 1. The summed E-state index contributed by atoms with van der Waals surface area (Å²) < 4.78 is 8.07. The highest BCUT2D eigenvalue weighted by atomic mass is 79.9. The Kier molecular flexibility index (Phi) is 10.9. The molecule has 0 fully saturated rings. The first-order valence-corrected chi connectivity index (χ1v) is 11.7. The number of aromatic amines is 1. The van der Waals surface area contributed by atoms with Crippen LogP contribution in [0, 0.1) is 41.5 Å². The molecule has 0 saturated heterocycles. The fraction of sp³-hybridized carbons (Fsp3) is 0.318. The molecule has 0 bridgehead atoms. The van der Waals surface area contributed by atoms with Crippen molar-refractivity contribution in [1.29, 1.82) is 0 Å². The third kappa shape index (κ3) is 8.38. The highest BCUT2D eigenvalue weighted by molar-refractivity contribution is 9.11. The van der Waals surface area contributed by atoms with Gasteiger partial charge in [0.1, 0.15) is 5.82 Å². The maximum Gasteiger partial charge on any atom is 0.248 e. The van der Waals surface area contributed by atoms with Crippen molar-refractivity contribution in [3.63, 3.8) is 0 Å². The van der Waals surface area contributed by atoms with Gasteiger partial charge < -0.3 is 15.5 Å². The molecule has 31 heavy (non-hydrogen) atoms. The normalized spacial score (nSPS) is 9.87. The number of nitrogens with two attached hydrogens (primary N) is 1. The van der Waals surface area contributed by atoms with Crippen LogP contribution in [0.3, 0.4) is 0 Å². The monoisotopic (exact) mass is 616 g/mol. The Labute approximate surface area is 208 Å². The van der Waals surface area contributed by atoms with E-state index in [0.717, 1.165) is 47.2 Å². The summed E-state index contributed by atoms with van der Waals surface area (Å²) in [5.74, 6) is 1.25. The van der Waals surface area contributed by atoms with Crippen LogP contribution in [0.4, 0.5) is 5.82 Å². The summed E-state index contributed by atoms with van der Waals surface area (Å²) in [7, 11) is 1.62. The van der Waals surface area contributed by atoms with Gasteiger partial charge in [0.25, 0.3) is 0 Å². The molecule has 0 saturated carbocycles. The van der Waals surface area contributed by atoms with Gasteiger partial charge in [0.05, 0.1) is 18.5 Å². The molecule has 168 valence electrons. The zero-order chi connectivity index (χ0) is 23.9. The lowest BCUT2D eigenvalue weighted by Gasteiger charge is -2.04. The van der Waals surface area contributed by atoms with E-state index in [0.29, 0.717) is 11.7 Å². The summed E-state index contributed by atoms with van der Waals surface area (Å²) >= 11 is 10.2. The molecule has 0 aromatic carbocycles. The number of pyridine rings is 3. The second kappa shape index (κ2) is 12.4. The quantitative estimate of drug-likeness (QED) is 0.335. The van der Waals surface area contributed by atoms with Crippen molar-refractivity contribution < 1.29 is 4.74 Å². The van der Waals surface area contributed by atoms with Gasteiger partial charge in [-0.05, 0) is 112 Å². The summed E-state index contributed by atoms with van der Waals surface area (Å²) in [6, 6.07) is 5.31. The molecular weight excluding hydrogens is 592 g/mol. The van der Waals surface area contributed by atoms with Gasteiger partial charge in [-0.15, -0.1) is 0 Å². The Morgan fingerprint density at radius 2 is 1.29 bits per heavy atom. The lowest BCUT2D eigenvalue weighted by molar-refractivity contribution is 0.396. The van der Waals surface area contributed by atoms with Crippen LogP contribution in [0.5, 0.6) is 5.88 Å². The zero-order valence-electron chi connectivity index (χ0n) is 18.7. The van der Waals surface area contributed by atoms with E-state index in [1.165, 1.54) is 0 Å². The van der Waals surface area contributed by atoms with Crippen molar-refractivity contribution in [3.05, 3.63) is 75.7 Å². The second-order valence-electron chi connectivity index (χ2n) is 6.90. The summed E-state index contributed by atoms with van der Waals surface area (Å²) in [6.07, 6.45) is 0. The Morgan fingerprint density at radius 1 is 0.806 bits per heavy atom. The molecule has 3 rings (SSSR count). The minimum Gasteiger partial charge on any atom is -0.481 e. The van der Waals surface area contributed by atoms with Crippen LogP contribution in [0.2, 0.25) is 0 Å². The van der Waals surface area contributed by atoms with Gasteiger partial charge in [0, 0.05) is 31.2 Å². The maximum atomic E-state index is 10.8. The number of aryl methyl sites for hydroxylation is 6. The van der Waals surface area contributed by atoms with E-state index in [1.807, 2.05) is 53.7 Å². The highest BCUT2D eigenvalue weighted by Crippen LogP contribution is 2.22. The predicted octanol–water partition coefficient (Wildman–Crippen LogP) is 6.27. The molecule has 0 unspecified atom stereocenters. The fourth-order valence-corrected chi connectivity index (χ4v) is 3.18. The Hall–Kier alpha value is -1.71. The first-order valence-electron chi connectivity index (χ1n) is 9.30. The van der Waals surface area contributed by atoms with Crippen molar-refractivity contribution in [3.8, 4) is 5.88 Å². The number of nitrogens with one attached hydrogen (secondary N) is 1. The molecule has 3 N–H and O–H groups in total. The minimum absolute atomic E-state index is 0.0433. The van der Waals surface area contributed by atoms with Crippen LogP contribution in [0.1, 0.15) is 33.8 Å². The number of halogens is 3. The van der Waals surface area contributed by atoms with Crippen molar-refractivity contribution in [2.45, 2.75) is 41.5 Å². The van der Waals surface area contributed by atoms with Gasteiger partial charge >= 0.3 is 0 Å². The lowest BCUT2D eigenvalue weighted by Crippen LogP contribution is -2.06. The third-order valence-corrected chi connectivity index (χ3v) is 7.77. The molecule has 0 aliphatic rings.